The van der Waals surface area contributed by atoms with Gasteiger partial charge in [-0.25, -0.2) is 0 Å². The van der Waals surface area contributed by atoms with Crippen LogP contribution in [0.1, 0.15) is 24.5 Å². The lowest BCUT2D eigenvalue weighted by molar-refractivity contribution is -0.115. The third kappa shape index (κ3) is 4.20. The smallest absolute Gasteiger partial charge is 0.251 e. The molecule has 2 nitrogen and oxygen atoms in total. The van der Waals surface area contributed by atoms with Crippen LogP contribution >= 0.6 is 11.6 Å². The van der Waals surface area contributed by atoms with E-state index in [-0.39, 0.29) is 5.91 Å². The zero-order valence-electron chi connectivity index (χ0n) is 12.0. The third-order valence-corrected chi connectivity index (χ3v) is 3.41. The van der Waals surface area contributed by atoms with Crippen LogP contribution in [0, 0.1) is 0 Å². The monoisotopic (exact) mass is 299 g/mol. The lowest BCUT2D eigenvalue weighted by Crippen LogP contribution is -2.24. The largest absolute Gasteiger partial charge is 0.352 e. The predicted molar refractivity (Wildman–Crippen MR) is 89.1 cm³/mol. The van der Waals surface area contributed by atoms with Gasteiger partial charge >= 0.3 is 0 Å². The molecule has 0 fully saturated rings. The van der Waals surface area contributed by atoms with Gasteiger partial charge in [-0.15, -0.1) is 0 Å². The SMILES string of the molecule is CCCNC(=O)C(=Cc1ccccc1Cl)c1ccccc1. The molecule has 0 unspecified atom stereocenters. The summed E-state index contributed by atoms with van der Waals surface area (Å²) in [5.41, 5.74) is 2.34. The topological polar surface area (TPSA) is 29.1 Å². The Bertz CT molecular complexity index is 635. The zero-order valence-corrected chi connectivity index (χ0v) is 12.7. The van der Waals surface area contributed by atoms with Gasteiger partial charge in [0.1, 0.15) is 0 Å². The summed E-state index contributed by atoms with van der Waals surface area (Å²) in [5, 5.41) is 3.55. The molecule has 1 amide bonds. The molecule has 0 aliphatic heterocycles. The van der Waals surface area contributed by atoms with Crippen molar-refractivity contribution in [1.82, 2.24) is 5.32 Å². The van der Waals surface area contributed by atoms with Crippen molar-refractivity contribution in [3.8, 4) is 0 Å². The van der Waals surface area contributed by atoms with Crippen molar-refractivity contribution in [1.29, 1.82) is 0 Å². The van der Waals surface area contributed by atoms with Gasteiger partial charge < -0.3 is 5.32 Å². The summed E-state index contributed by atoms with van der Waals surface area (Å²) in [4.78, 5) is 12.4. The van der Waals surface area contributed by atoms with Gasteiger partial charge in [0.15, 0.2) is 0 Å². The molecule has 3 heteroatoms. The fourth-order valence-corrected chi connectivity index (χ4v) is 2.17. The molecular weight excluding hydrogens is 282 g/mol. The molecule has 0 aromatic heterocycles. The van der Waals surface area contributed by atoms with Crippen LogP contribution in [-0.4, -0.2) is 12.5 Å². The number of carbonyl (C=O) groups excluding carboxylic acids is 1. The van der Waals surface area contributed by atoms with Gasteiger partial charge in [-0.1, -0.05) is 67.1 Å². The minimum Gasteiger partial charge on any atom is -0.352 e. The molecule has 0 saturated carbocycles. The standard InChI is InChI=1S/C18H18ClNO/c1-2-12-20-18(21)16(14-8-4-3-5-9-14)13-15-10-6-7-11-17(15)19/h3-11,13H,2,12H2,1H3,(H,20,21). The minimum atomic E-state index is -0.0806. The highest BCUT2D eigenvalue weighted by Gasteiger charge is 2.12. The number of halogens is 1. The fraction of sp³-hybridized carbons (Fsp3) is 0.167. The quantitative estimate of drug-likeness (QED) is 0.643. The Balaban J connectivity index is 2.41. The van der Waals surface area contributed by atoms with E-state index < -0.39 is 0 Å². The maximum atomic E-state index is 12.4. The summed E-state index contributed by atoms with van der Waals surface area (Å²) in [6.45, 7) is 2.69. The van der Waals surface area contributed by atoms with Crippen molar-refractivity contribution in [3.63, 3.8) is 0 Å². The van der Waals surface area contributed by atoms with E-state index in [1.807, 2.05) is 67.6 Å². The van der Waals surface area contributed by atoms with Gasteiger partial charge in [0.2, 0.25) is 0 Å². The van der Waals surface area contributed by atoms with Crippen LogP contribution in [0.2, 0.25) is 5.02 Å². The lowest BCUT2D eigenvalue weighted by Gasteiger charge is -2.09. The van der Waals surface area contributed by atoms with Gasteiger partial charge in [0.25, 0.3) is 5.91 Å². The highest BCUT2D eigenvalue weighted by molar-refractivity contribution is 6.33. The second kappa shape index (κ2) is 7.65. The van der Waals surface area contributed by atoms with Crippen LogP contribution in [-0.2, 0) is 4.79 Å². The average Bonchev–Trinajstić information content (AvgIpc) is 2.52. The molecule has 1 N–H and O–H groups in total. The van der Waals surface area contributed by atoms with E-state index in [9.17, 15) is 4.79 Å². The highest BCUT2D eigenvalue weighted by Crippen LogP contribution is 2.23. The van der Waals surface area contributed by atoms with Gasteiger partial charge in [-0.3, -0.25) is 4.79 Å². The minimum absolute atomic E-state index is 0.0806. The number of benzene rings is 2. The molecule has 0 spiro atoms. The summed E-state index contributed by atoms with van der Waals surface area (Å²) in [6, 6.07) is 17.1. The van der Waals surface area contributed by atoms with E-state index in [1.54, 1.807) is 0 Å². The van der Waals surface area contributed by atoms with Crippen molar-refractivity contribution >= 4 is 29.2 Å². The first kappa shape index (κ1) is 15.3. The Morgan fingerprint density at radius 1 is 1.10 bits per heavy atom. The van der Waals surface area contributed by atoms with E-state index in [0.717, 1.165) is 17.5 Å². The summed E-state index contributed by atoms with van der Waals surface area (Å²) in [5.74, 6) is -0.0806. The predicted octanol–water partition coefficient (Wildman–Crippen LogP) is 4.41. The van der Waals surface area contributed by atoms with Crippen molar-refractivity contribution < 1.29 is 4.79 Å². The van der Waals surface area contributed by atoms with Crippen LogP contribution in [0.4, 0.5) is 0 Å². The molecule has 0 saturated heterocycles. The molecule has 0 radical (unpaired) electrons. The van der Waals surface area contributed by atoms with Crippen LogP contribution in [0.15, 0.2) is 54.6 Å². The van der Waals surface area contributed by atoms with E-state index in [1.165, 1.54) is 0 Å². The normalized spacial score (nSPS) is 11.2. The van der Waals surface area contributed by atoms with Gasteiger partial charge in [0, 0.05) is 17.1 Å². The molecule has 0 atom stereocenters. The Kier molecular flexibility index (Phi) is 5.59. The molecule has 2 aromatic rings. The Hall–Kier alpha value is -2.06. The summed E-state index contributed by atoms with van der Waals surface area (Å²) >= 11 is 6.19. The van der Waals surface area contributed by atoms with Crippen LogP contribution in [0.3, 0.4) is 0 Å². The van der Waals surface area contributed by atoms with Crippen molar-refractivity contribution in [2.45, 2.75) is 13.3 Å². The summed E-state index contributed by atoms with van der Waals surface area (Å²) in [7, 11) is 0. The molecule has 0 aliphatic carbocycles. The highest BCUT2D eigenvalue weighted by atomic mass is 35.5. The Morgan fingerprint density at radius 3 is 2.43 bits per heavy atom. The number of nitrogens with one attached hydrogen (secondary N) is 1. The average molecular weight is 300 g/mol. The van der Waals surface area contributed by atoms with E-state index >= 15 is 0 Å². The van der Waals surface area contributed by atoms with Gasteiger partial charge in [-0.2, -0.15) is 0 Å². The van der Waals surface area contributed by atoms with Crippen molar-refractivity contribution in [2.75, 3.05) is 6.54 Å². The summed E-state index contributed by atoms with van der Waals surface area (Å²) in [6.07, 6.45) is 2.74. The summed E-state index contributed by atoms with van der Waals surface area (Å²) < 4.78 is 0. The molecule has 0 heterocycles. The van der Waals surface area contributed by atoms with Gasteiger partial charge in [-0.05, 0) is 29.7 Å². The maximum Gasteiger partial charge on any atom is 0.251 e. The second-order valence-electron chi connectivity index (χ2n) is 4.70. The molecule has 108 valence electrons. The third-order valence-electron chi connectivity index (χ3n) is 3.07. The zero-order chi connectivity index (χ0) is 15.1. The Morgan fingerprint density at radius 2 is 1.76 bits per heavy atom. The number of amides is 1. The van der Waals surface area contributed by atoms with Gasteiger partial charge in [0.05, 0.1) is 0 Å². The Labute approximate surface area is 130 Å². The first-order chi connectivity index (χ1) is 10.2. The first-order valence-corrected chi connectivity index (χ1v) is 7.40. The van der Waals surface area contributed by atoms with E-state index in [4.69, 9.17) is 11.6 Å². The van der Waals surface area contributed by atoms with Crippen molar-refractivity contribution in [2.24, 2.45) is 0 Å². The molecular formula is C18H18ClNO. The van der Waals surface area contributed by atoms with Crippen molar-refractivity contribution in [3.05, 3.63) is 70.7 Å². The lowest BCUT2D eigenvalue weighted by atomic mass is 10.0. The maximum absolute atomic E-state index is 12.4. The van der Waals surface area contributed by atoms with E-state index in [0.29, 0.717) is 17.1 Å². The molecule has 0 bridgehead atoms. The van der Waals surface area contributed by atoms with Crippen LogP contribution < -0.4 is 5.32 Å². The van der Waals surface area contributed by atoms with Crippen LogP contribution in [0.5, 0.6) is 0 Å². The van der Waals surface area contributed by atoms with E-state index in [2.05, 4.69) is 5.32 Å². The molecule has 21 heavy (non-hydrogen) atoms. The first-order valence-electron chi connectivity index (χ1n) is 7.02. The molecule has 2 rings (SSSR count). The number of rotatable bonds is 5. The number of carbonyl (C=O) groups is 1. The fourth-order valence-electron chi connectivity index (χ4n) is 1.98. The number of hydrogen-bond acceptors (Lipinski definition) is 1. The van der Waals surface area contributed by atoms with Crippen LogP contribution in [0.25, 0.3) is 11.6 Å². The second-order valence-corrected chi connectivity index (χ2v) is 5.11. The molecule has 2 aromatic carbocycles. The number of hydrogen-bond donors (Lipinski definition) is 1. The molecule has 0 aliphatic rings.